The molecule has 0 aliphatic carbocycles. The Balaban J connectivity index is 1.97. The van der Waals surface area contributed by atoms with Crippen LogP contribution in [0.15, 0.2) is 52.5 Å². The maximum Gasteiger partial charge on any atom is 0.407 e. The molecule has 1 amide bonds. The van der Waals surface area contributed by atoms with Crippen molar-refractivity contribution in [3.63, 3.8) is 0 Å². The molecule has 0 radical (unpaired) electrons. The second-order valence-electron chi connectivity index (χ2n) is 7.32. The fourth-order valence-electron chi connectivity index (χ4n) is 2.24. The molecule has 0 spiro atoms. The summed E-state index contributed by atoms with van der Waals surface area (Å²) in [6, 6.07) is 8.43. The Labute approximate surface area is 175 Å². The lowest BCUT2D eigenvalue weighted by Gasteiger charge is -2.19. The number of hydrogen-bond acceptors (Lipinski definition) is 8. The first-order valence-corrected chi connectivity index (χ1v) is 10.6. The molecule has 2 aromatic rings. The first-order valence-electron chi connectivity index (χ1n) is 9.09. The summed E-state index contributed by atoms with van der Waals surface area (Å²) in [5.74, 6) is -0.442. The Morgan fingerprint density at radius 1 is 1.07 bits per heavy atom. The molecule has 0 fully saturated rings. The number of pyridine rings is 1. The van der Waals surface area contributed by atoms with E-state index >= 15 is 0 Å². The minimum atomic E-state index is -3.82. The van der Waals surface area contributed by atoms with E-state index in [1.165, 1.54) is 43.5 Å². The topological polar surface area (TPSA) is 121 Å². The first kappa shape index (κ1) is 23.1. The molecule has 0 saturated carbocycles. The van der Waals surface area contributed by atoms with Crippen molar-refractivity contribution < 1.29 is 32.5 Å². The van der Waals surface area contributed by atoms with Gasteiger partial charge in [0.2, 0.25) is 9.84 Å². The summed E-state index contributed by atoms with van der Waals surface area (Å²) in [6.07, 6.45) is 1.40. The average Bonchev–Trinajstić information content (AvgIpc) is 2.65. The Bertz CT molecular complexity index is 979. The van der Waals surface area contributed by atoms with Gasteiger partial charge in [-0.05, 0) is 63.1 Å². The van der Waals surface area contributed by atoms with Crippen LogP contribution in [0.25, 0.3) is 0 Å². The number of benzene rings is 1. The van der Waals surface area contributed by atoms with Crippen molar-refractivity contribution in [3.05, 3.63) is 48.2 Å². The maximum atomic E-state index is 12.7. The van der Waals surface area contributed by atoms with Crippen molar-refractivity contribution in [1.82, 2.24) is 10.3 Å². The Morgan fingerprint density at radius 3 is 2.27 bits per heavy atom. The third-order valence-electron chi connectivity index (χ3n) is 3.54. The molecule has 0 atom stereocenters. The van der Waals surface area contributed by atoms with Crippen LogP contribution in [0.2, 0.25) is 0 Å². The number of nitrogens with one attached hydrogen (secondary N) is 1. The molecule has 0 bridgehead atoms. The standard InChI is InChI=1S/C20H24N2O7S/c1-14(23)28-29-16-6-8-17(9-7-16)30(25,26)18-10-5-15(13-22-18)11-12-21-19(24)27-20(2,3)4/h5-10,13H,11-12H2,1-4H3,(H,21,24). The van der Waals surface area contributed by atoms with Gasteiger partial charge in [0.15, 0.2) is 10.8 Å². The fraction of sp³-hybridized carbons (Fsp3) is 0.350. The Morgan fingerprint density at radius 2 is 1.73 bits per heavy atom. The van der Waals surface area contributed by atoms with Gasteiger partial charge in [0.1, 0.15) is 5.60 Å². The second kappa shape index (κ2) is 9.57. The summed E-state index contributed by atoms with van der Waals surface area (Å²) in [5.41, 5.74) is 0.182. The van der Waals surface area contributed by atoms with Crippen molar-refractivity contribution in [1.29, 1.82) is 0 Å². The molecule has 30 heavy (non-hydrogen) atoms. The van der Waals surface area contributed by atoms with Crippen molar-refractivity contribution in [3.8, 4) is 5.75 Å². The first-order chi connectivity index (χ1) is 14.0. The van der Waals surface area contributed by atoms with Crippen molar-refractivity contribution in [2.75, 3.05) is 6.54 Å². The summed E-state index contributed by atoms with van der Waals surface area (Å²) in [7, 11) is -3.82. The lowest BCUT2D eigenvalue weighted by molar-refractivity contribution is -0.210. The third kappa shape index (κ3) is 7.03. The third-order valence-corrected chi connectivity index (χ3v) is 5.23. The van der Waals surface area contributed by atoms with Crippen LogP contribution >= 0.6 is 0 Å². The van der Waals surface area contributed by atoms with E-state index in [-0.39, 0.29) is 15.7 Å². The predicted molar refractivity (Wildman–Crippen MR) is 106 cm³/mol. The van der Waals surface area contributed by atoms with E-state index in [0.717, 1.165) is 5.56 Å². The number of hydrogen-bond donors (Lipinski definition) is 1. The zero-order valence-electron chi connectivity index (χ0n) is 17.2. The highest BCUT2D eigenvalue weighted by Crippen LogP contribution is 2.22. The predicted octanol–water partition coefficient (Wildman–Crippen LogP) is 2.84. The van der Waals surface area contributed by atoms with Gasteiger partial charge in [-0.3, -0.25) is 9.78 Å². The highest BCUT2D eigenvalue weighted by atomic mass is 32.2. The fourth-order valence-corrected chi connectivity index (χ4v) is 3.42. The number of carbonyl (C=O) groups is 2. The number of nitrogens with zero attached hydrogens (tertiary/aromatic N) is 1. The smallest absolute Gasteiger partial charge is 0.407 e. The minimum absolute atomic E-state index is 0.0181. The molecule has 0 aliphatic heterocycles. The minimum Gasteiger partial charge on any atom is -0.444 e. The zero-order valence-corrected chi connectivity index (χ0v) is 18.0. The number of amides is 1. The quantitative estimate of drug-likeness (QED) is 0.519. The highest BCUT2D eigenvalue weighted by molar-refractivity contribution is 7.91. The van der Waals surface area contributed by atoms with E-state index in [1.54, 1.807) is 26.8 Å². The Hall–Kier alpha value is -3.14. The van der Waals surface area contributed by atoms with E-state index in [0.29, 0.717) is 13.0 Å². The van der Waals surface area contributed by atoms with Crippen molar-refractivity contribution in [2.24, 2.45) is 0 Å². The van der Waals surface area contributed by atoms with E-state index in [4.69, 9.17) is 9.62 Å². The highest BCUT2D eigenvalue weighted by Gasteiger charge is 2.19. The van der Waals surface area contributed by atoms with Crippen LogP contribution in [-0.4, -0.2) is 37.6 Å². The molecule has 1 aromatic carbocycles. The molecule has 2 rings (SSSR count). The molecule has 162 valence electrons. The van der Waals surface area contributed by atoms with Crippen LogP contribution in [0.1, 0.15) is 33.3 Å². The lowest BCUT2D eigenvalue weighted by atomic mass is 10.2. The van der Waals surface area contributed by atoms with Crippen LogP contribution in [0, 0.1) is 0 Å². The molecular weight excluding hydrogens is 412 g/mol. The summed E-state index contributed by atoms with van der Waals surface area (Å²) in [5, 5.41) is 2.52. The SMILES string of the molecule is CC(=O)OOc1ccc(S(=O)(=O)c2ccc(CCNC(=O)OC(C)(C)C)cn2)cc1. The zero-order chi connectivity index (χ0) is 22.4. The van der Waals surface area contributed by atoms with Gasteiger partial charge in [0.05, 0.1) is 4.90 Å². The van der Waals surface area contributed by atoms with Gasteiger partial charge >= 0.3 is 12.1 Å². The largest absolute Gasteiger partial charge is 0.444 e. The van der Waals surface area contributed by atoms with Gasteiger partial charge in [-0.2, -0.15) is 0 Å². The van der Waals surface area contributed by atoms with Gasteiger partial charge in [-0.15, -0.1) is 0 Å². The molecule has 0 aliphatic rings. The van der Waals surface area contributed by atoms with E-state index in [1.807, 2.05) is 0 Å². The molecular formula is C20H24N2O7S. The maximum absolute atomic E-state index is 12.7. The monoisotopic (exact) mass is 436 g/mol. The summed E-state index contributed by atoms with van der Waals surface area (Å²) in [6.45, 7) is 6.83. The van der Waals surface area contributed by atoms with Crippen molar-refractivity contribution >= 4 is 21.9 Å². The molecule has 1 N–H and O–H groups in total. The number of sulfone groups is 1. The number of carbonyl (C=O) groups excluding carboxylic acids is 2. The normalized spacial score (nSPS) is 11.5. The van der Waals surface area contributed by atoms with E-state index < -0.39 is 27.5 Å². The summed E-state index contributed by atoms with van der Waals surface area (Å²) in [4.78, 5) is 35.5. The van der Waals surface area contributed by atoms with E-state index in [2.05, 4.69) is 15.2 Å². The number of alkyl carbamates (subject to hydrolysis) is 1. The van der Waals surface area contributed by atoms with Crippen LogP contribution < -0.4 is 10.2 Å². The Kier molecular flexibility index (Phi) is 7.38. The van der Waals surface area contributed by atoms with Crippen LogP contribution in [-0.2, 0) is 30.7 Å². The van der Waals surface area contributed by atoms with Crippen molar-refractivity contribution in [2.45, 2.75) is 49.6 Å². The summed E-state index contributed by atoms with van der Waals surface area (Å²) < 4.78 is 30.5. The van der Waals surface area contributed by atoms with Gasteiger partial charge in [0, 0.05) is 19.7 Å². The number of aromatic nitrogens is 1. The molecule has 0 unspecified atom stereocenters. The van der Waals surface area contributed by atoms with Crippen LogP contribution in [0.5, 0.6) is 5.75 Å². The number of rotatable bonds is 7. The van der Waals surface area contributed by atoms with Crippen LogP contribution in [0.4, 0.5) is 4.79 Å². The van der Waals surface area contributed by atoms with Crippen LogP contribution in [0.3, 0.4) is 0 Å². The molecule has 1 heterocycles. The summed E-state index contributed by atoms with van der Waals surface area (Å²) >= 11 is 0. The molecule has 9 nitrogen and oxygen atoms in total. The van der Waals surface area contributed by atoms with Gasteiger partial charge in [0.25, 0.3) is 0 Å². The molecule has 0 saturated heterocycles. The average molecular weight is 436 g/mol. The number of ether oxygens (including phenoxy) is 1. The second-order valence-corrected chi connectivity index (χ2v) is 9.21. The van der Waals surface area contributed by atoms with E-state index in [9.17, 15) is 18.0 Å². The van der Waals surface area contributed by atoms with Gasteiger partial charge in [-0.25, -0.2) is 23.0 Å². The molecule has 1 aromatic heterocycles. The van der Waals surface area contributed by atoms with Gasteiger partial charge in [-0.1, -0.05) is 6.07 Å². The van der Waals surface area contributed by atoms with Gasteiger partial charge < -0.3 is 10.1 Å². The lowest BCUT2D eigenvalue weighted by Crippen LogP contribution is -2.33. The molecule has 10 heteroatoms.